The lowest BCUT2D eigenvalue weighted by molar-refractivity contribution is -0.127. The van der Waals surface area contributed by atoms with Crippen LogP contribution >= 0.6 is 0 Å². The molecule has 0 saturated carbocycles. The minimum atomic E-state index is -0.566. The Morgan fingerprint density at radius 1 is 1.11 bits per heavy atom. The van der Waals surface area contributed by atoms with Crippen LogP contribution in [0.3, 0.4) is 0 Å². The van der Waals surface area contributed by atoms with Crippen LogP contribution in [0.15, 0.2) is 48.5 Å². The molecule has 0 fully saturated rings. The molecule has 1 aliphatic heterocycles. The van der Waals surface area contributed by atoms with E-state index in [-0.39, 0.29) is 30.0 Å². The summed E-state index contributed by atoms with van der Waals surface area (Å²) in [6.45, 7) is 4.70. The van der Waals surface area contributed by atoms with Crippen molar-refractivity contribution in [3.63, 3.8) is 0 Å². The molecule has 27 heavy (non-hydrogen) atoms. The van der Waals surface area contributed by atoms with Crippen LogP contribution in [0.2, 0.25) is 0 Å². The van der Waals surface area contributed by atoms with Crippen molar-refractivity contribution < 1.29 is 14.0 Å². The Bertz CT molecular complexity index is 817. The molecule has 1 N–H and O–H groups in total. The van der Waals surface area contributed by atoms with Gasteiger partial charge in [0, 0.05) is 12.2 Å². The van der Waals surface area contributed by atoms with Crippen molar-refractivity contribution in [3.05, 3.63) is 65.5 Å². The minimum Gasteiger partial charge on any atom is -0.344 e. The molecule has 4 nitrogen and oxygen atoms in total. The number of hydrogen-bond donors (Lipinski definition) is 1. The van der Waals surface area contributed by atoms with E-state index >= 15 is 0 Å². The van der Waals surface area contributed by atoms with Gasteiger partial charge in [-0.2, -0.15) is 0 Å². The van der Waals surface area contributed by atoms with Gasteiger partial charge < -0.3 is 10.2 Å². The Balaban J connectivity index is 1.71. The summed E-state index contributed by atoms with van der Waals surface area (Å²) in [7, 11) is 0. The highest BCUT2D eigenvalue weighted by Crippen LogP contribution is 2.28. The van der Waals surface area contributed by atoms with Crippen molar-refractivity contribution in [2.24, 2.45) is 5.92 Å². The molecule has 0 aromatic heterocycles. The van der Waals surface area contributed by atoms with Gasteiger partial charge in [0.2, 0.25) is 11.8 Å². The van der Waals surface area contributed by atoms with Crippen LogP contribution in [0, 0.1) is 11.7 Å². The molecular formula is C22H25FN2O2. The summed E-state index contributed by atoms with van der Waals surface area (Å²) in [5.74, 6) is -0.364. The molecule has 1 atom stereocenters. The van der Waals surface area contributed by atoms with Crippen molar-refractivity contribution >= 4 is 17.5 Å². The van der Waals surface area contributed by atoms with E-state index in [0.717, 1.165) is 23.2 Å². The first-order chi connectivity index (χ1) is 12.9. The molecule has 1 heterocycles. The number of carbonyl (C=O) groups excluding carboxylic acids is 2. The van der Waals surface area contributed by atoms with Gasteiger partial charge in [-0.1, -0.05) is 44.2 Å². The summed E-state index contributed by atoms with van der Waals surface area (Å²) >= 11 is 0. The zero-order valence-electron chi connectivity index (χ0n) is 15.7. The summed E-state index contributed by atoms with van der Waals surface area (Å²) in [5, 5.41) is 2.90. The van der Waals surface area contributed by atoms with Crippen molar-refractivity contribution in [1.29, 1.82) is 0 Å². The highest BCUT2D eigenvalue weighted by Gasteiger charge is 2.31. The van der Waals surface area contributed by atoms with Crippen LogP contribution in [-0.2, 0) is 22.4 Å². The Hall–Kier alpha value is -2.69. The molecule has 0 aliphatic carbocycles. The molecule has 0 unspecified atom stereocenters. The molecule has 0 radical (unpaired) electrons. The van der Waals surface area contributed by atoms with Gasteiger partial charge in [0.15, 0.2) is 0 Å². The predicted octanol–water partition coefficient (Wildman–Crippen LogP) is 3.49. The van der Waals surface area contributed by atoms with Crippen LogP contribution in [0.5, 0.6) is 0 Å². The van der Waals surface area contributed by atoms with E-state index in [9.17, 15) is 14.0 Å². The Labute approximate surface area is 159 Å². The van der Waals surface area contributed by atoms with Gasteiger partial charge in [0.1, 0.15) is 11.9 Å². The number of hydrogen-bond acceptors (Lipinski definition) is 2. The maximum Gasteiger partial charge on any atom is 0.249 e. The number of para-hydroxylation sites is 1. The summed E-state index contributed by atoms with van der Waals surface area (Å²) in [6, 6.07) is 13.2. The third-order valence-electron chi connectivity index (χ3n) is 4.77. The highest BCUT2D eigenvalue weighted by molar-refractivity contribution is 6.00. The fourth-order valence-corrected chi connectivity index (χ4v) is 3.48. The number of halogens is 1. The molecule has 0 bridgehead atoms. The Morgan fingerprint density at radius 2 is 1.81 bits per heavy atom. The molecule has 142 valence electrons. The third kappa shape index (κ3) is 4.73. The molecular weight excluding hydrogens is 343 g/mol. The first-order valence-corrected chi connectivity index (χ1v) is 9.37. The smallest absolute Gasteiger partial charge is 0.249 e. The van der Waals surface area contributed by atoms with Crippen molar-refractivity contribution in [1.82, 2.24) is 5.32 Å². The second-order valence-corrected chi connectivity index (χ2v) is 7.42. The van der Waals surface area contributed by atoms with Gasteiger partial charge >= 0.3 is 0 Å². The SMILES string of the molecule is CC(C)C[C@H](NC(=O)Cc1ccc(F)cc1)C(=O)N1CCc2ccccc21. The van der Waals surface area contributed by atoms with Crippen molar-refractivity contribution in [3.8, 4) is 0 Å². The molecule has 2 aromatic rings. The standard InChI is InChI=1S/C22H25FN2O2/c1-15(2)13-19(24-21(26)14-16-7-9-18(23)10-8-16)22(27)25-12-11-17-5-3-4-6-20(17)25/h3-10,15,19H,11-14H2,1-2H3,(H,24,26)/t19-/m0/s1. The Kier molecular flexibility index (Phi) is 5.89. The van der Waals surface area contributed by atoms with Crippen LogP contribution in [0.1, 0.15) is 31.4 Å². The minimum absolute atomic E-state index is 0.0684. The predicted molar refractivity (Wildman–Crippen MR) is 104 cm³/mol. The molecule has 2 aromatic carbocycles. The van der Waals surface area contributed by atoms with E-state index in [1.807, 2.05) is 38.1 Å². The molecule has 5 heteroatoms. The molecule has 0 spiro atoms. The first kappa shape index (κ1) is 19.1. The maximum absolute atomic E-state index is 13.1. The second kappa shape index (κ2) is 8.33. The van der Waals surface area contributed by atoms with E-state index in [0.29, 0.717) is 13.0 Å². The number of rotatable bonds is 6. The quantitative estimate of drug-likeness (QED) is 0.849. The van der Waals surface area contributed by atoms with Crippen molar-refractivity contribution in [2.75, 3.05) is 11.4 Å². The van der Waals surface area contributed by atoms with E-state index in [1.54, 1.807) is 17.0 Å². The largest absolute Gasteiger partial charge is 0.344 e. The van der Waals surface area contributed by atoms with E-state index < -0.39 is 6.04 Å². The molecule has 2 amide bonds. The summed E-state index contributed by atoms with van der Waals surface area (Å²) < 4.78 is 13.0. The second-order valence-electron chi connectivity index (χ2n) is 7.42. The normalized spacial score (nSPS) is 14.1. The van der Waals surface area contributed by atoms with Gasteiger partial charge in [0.25, 0.3) is 0 Å². The average molecular weight is 368 g/mol. The topological polar surface area (TPSA) is 49.4 Å². The average Bonchev–Trinajstić information content (AvgIpc) is 3.06. The number of carbonyl (C=O) groups is 2. The van der Waals surface area contributed by atoms with Gasteiger partial charge in [-0.25, -0.2) is 4.39 Å². The van der Waals surface area contributed by atoms with Crippen LogP contribution in [0.4, 0.5) is 10.1 Å². The number of nitrogens with zero attached hydrogens (tertiary/aromatic N) is 1. The fraction of sp³-hybridized carbons (Fsp3) is 0.364. The maximum atomic E-state index is 13.1. The zero-order valence-corrected chi connectivity index (χ0v) is 15.7. The zero-order chi connectivity index (χ0) is 19.4. The van der Waals surface area contributed by atoms with Gasteiger partial charge in [-0.15, -0.1) is 0 Å². The fourth-order valence-electron chi connectivity index (χ4n) is 3.48. The molecule has 3 rings (SSSR count). The van der Waals surface area contributed by atoms with Gasteiger partial charge in [0.05, 0.1) is 6.42 Å². The highest BCUT2D eigenvalue weighted by atomic mass is 19.1. The number of fused-ring (bicyclic) bond motifs is 1. The van der Waals surface area contributed by atoms with E-state index in [2.05, 4.69) is 5.32 Å². The number of amides is 2. The summed E-state index contributed by atoms with van der Waals surface area (Å²) in [6.07, 6.45) is 1.53. The van der Waals surface area contributed by atoms with Crippen LogP contribution in [0.25, 0.3) is 0 Å². The monoisotopic (exact) mass is 368 g/mol. The lowest BCUT2D eigenvalue weighted by Crippen LogP contribution is -2.49. The van der Waals surface area contributed by atoms with Gasteiger partial charge in [-0.05, 0) is 48.1 Å². The van der Waals surface area contributed by atoms with Gasteiger partial charge in [-0.3, -0.25) is 9.59 Å². The summed E-state index contributed by atoms with van der Waals surface area (Å²) in [5.41, 5.74) is 2.81. The van der Waals surface area contributed by atoms with Crippen LogP contribution < -0.4 is 10.2 Å². The van der Waals surface area contributed by atoms with Crippen LogP contribution in [-0.4, -0.2) is 24.4 Å². The van der Waals surface area contributed by atoms with E-state index in [4.69, 9.17) is 0 Å². The lowest BCUT2D eigenvalue weighted by Gasteiger charge is -2.26. The Morgan fingerprint density at radius 3 is 2.52 bits per heavy atom. The third-order valence-corrected chi connectivity index (χ3v) is 4.77. The number of anilines is 1. The molecule has 1 aliphatic rings. The molecule has 0 saturated heterocycles. The number of nitrogens with one attached hydrogen (secondary N) is 1. The number of benzene rings is 2. The van der Waals surface area contributed by atoms with E-state index in [1.165, 1.54) is 12.1 Å². The lowest BCUT2D eigenvalue weighted by atomic mass is 10.0. The first-order valence-electron chi connectivity index (χ1n) is 9.37. The van der Waals surface area contributed by atoms with Crippen molar-refractivity contribution in [2.45, 2.75) is 39.2 Å². The summed E-state index contributed by atoms with van der Waals surface area (Å²) in [4.78, 5) is 27.4.